The number of hydrogen-bond acceptors (Lipinski definition) is 12. The Balaban J connectivity index is 1.17. The molecule has 0 aliphatic heterocycles. The maximum absolute atomic E-state index is 12.5. The minimum absolute atomic E-state index is 0.0360. The zero-order valence-corrected chi connectivity index (χ0v) is 22.1. The number of sulfonamides is 1. The molecule has 0 fully saturated rings. The number of rotatable bonds is 10. The second kappa shape index (κ2) is 11.1. The summed E-state index contributed by atoms with van der Waals surface area (Å²) in [5, 5.41) is 19.9. The SMILES string of the molecule is Cc1nnc(NS(=O)(=O)c2ccc(NC(=O)CCSc3nnc(-c4ccco4)c(-c4ccco4)n3)cc2)s1. The van der Waals surface area contributed by atoms with E-state index in [1.54, 1.807) is 31.2 Å². The molecule has 0 unspecified atom stereocenters. The van der Waals surface area contributed by atoms with Crippen LogP contribution in [0.1, 0.15) is 11.4 Å². The fourth-order valence-electron chi connectivity index (χ4n) is 3.22. The Kier molecular flexibility index (Phi) is 7.48. The number of carbonyl (C=O) groups excluding carboxylic acids is 1. The number of benzene rings is 1. The van der Waals surface area contributed by atoms with Crippen molar-refractivity contribution in [2.45, 2.75) is 23.4 Å². The van der Waals surface area contributed by atoms with Crippen molar-refractivity contribution in [3.05, 3.63) is 66.1 Å². The number of carbonyl (C=O) groups is 1. The molecule has 1 aromatic carbocycles. The molecule has 15 heteroatoms. The fourth-order valence-corrected chi connectivity index (χ4v) is 5.77. The largest absolute Gasteiger partial charge is 0.463 e. The molecular weight excluding hydrogens is 550 g/mol. The van der Waals surface area contributed by atoms with E-state index in [9.17, 15) is 13.2 Å². The van der Waals surface area contributed by atoms with Gasteiger partial charge >= 0.3 is 0 Å². The summed E-state index contributed by atoms with van der Waals surface area (Å²) in [5.41, 5.74) is 1.40. The third-order valence-corrected chi connectivity index (χ3v) is 8.01. The first-order chi connectivity index (χ1) is 18.4. The maximum Gasteiger partial charge on any atom is 0.263 e. The van der Waals surface area contributed by atoms with E-state index in [-0.39, 0.29) is 22.4 Å². The molecule has 2 N–H and O–H groups in total. The number of aryl methyl sites for hydroxylation is 1. The number of hydrogen-bond donors (Lipinski definition) is 2. The van der Waals surface area contributed by atoms with Gasteiger partial charge in [-0.15, -0.1) is 20.4 Å². The predicted octanol–water partition coefficient (Wildman–Crippen LogP) is 4.47. The fraction of sp³-hybridized carbons (Fsp3) is 0.130. The molecule has 0 aliphatic carbocycles. The quantitative estimate of drug-likeness (QED) is 0.228. The van der Waals surface area contributed by atoms with Crippen molar-refractivity contribution < 1.29 is 22.0 Å². The van der Waals surface area contributed by atoms with Gasteiger partial charge in [-0.25, -0.2) is 13.4 Å². The van der Waals surface area contributed by atoms with Gasteiger partial charge in [0, 0.05) is 17.9 Å². The van der Waals surface area contributed by atoms with E-state index in [0.717, 1.165) is 11.3 Å². The molecule has 4 aromatic heterocycles. The van der Waals surface area contributed by atoms with Crippen LogP contribution in [-0.4, -0.2) is 45.5 Å². The summed E-state index contributed by atoms with van der Waals surface area (Å²) in [6.07, 6.45) is 3.25. The van der Waals surface area contributed by atoms with Gasteiger partial charge in [0.25, 0.3) is 10.0 Å². The van der Waals surface area contributed by atoms with Crippen LogP contribution >= 0.6 is 23.1 Å². The summed E-state index contributed by atoms with van der Waals surface area (Å²) in [4.78, 5) is 17.0. The Morgan fingerprint density at radius 3 is 2.29 bits per heavy atom. The van der Waals surface area contributed by atoms with E-state index in [1.165, 1.54) is 48.6 Å². The van der Waals surface area contributed by atoms with Crippen molar-refractivity contribution in [2.75, 3.05) is 15.8 Å². The average molecular weight is 570 g/mol. The minimum atomic E-state index is -3.82. The van der Waals surface area contributed by atoms with Crippen LogP contribution in [0.4, 0.5) is 10.8 Å². The molecule has 4 heterocycles. The van der Waals surface area contributed by atoms with Crippen LogP contribution in [0.5, 0.6) is 0 Å². The molecule has 0 atom stereocenters. The van der Waals surface area contributed by atoms with Gasteiger partial charge in [-0.1, -0.05) is 23.1 Å². The molecular formula is C23H19N7O5S3. The topological polar surface area (TPSA) is 166 Å². The second-order valence-corrected chi connectivity index (χ2v) is 11.6. The summed E-state index contributed by atoms with van der Waals surface area (Å²) in [5.74, 6) is 1.17. The van der Waals surface area contributed by atoms with Gasteiger partial charge in [0.2, 0.25) is 16.2 Å². The molecule has 5 aromatic rings. The van der Waals surface area contributed by atoms with Crippen molar-refractivity contribution in [3.63, 3.8) is 0 Å². The third kappa shape index (κ3) is 6.07. The lowest BCUT2D eigenvalue weighted by atomic mass is 10.2. The molecule has 0 aliphatic rings. The molecule has 0 radical (unpaired) electrons. The standard InChI is InChI=1S/C23H19N7O5S3/c1-14-26-29-23(37-14)30-38(32,33)16-8-6-15(7-9-16)24-19(31)10-13-36-22-25-20(17-4-2-11-34-17)21(27-28-22)18-5-3-12-35-18/h2-9,11-12H,10,13H2,1H3,(H,24,31)(H,29,30). The van der Waals surface area contributed by atoms with Gasteiger partial charge in [0.1, 0.15) is 10.7 Å². The highest BCUT2D eigenvalue weighted by atomic mass is 32.2. The average Bonchev–Trinajstić information content (AvgIpc) is 3.68. The van der Waals surface area contributed by atoms with Gasteiger partial charge in [-0.2, -0.15) is 0 Å². The first-order valence-corrected chi connectivity index (χ1v) is 14.3. The van der Waals surface area contributed by atoms with E-state index >= 15 is 0 Å². The van der Waals surface area contributed by atoms with Crippen molar-refractivity contribution >= 4 is 49.8 Å². The van der Waals surface area contributed by atoms with Crippen LogP contribution in [-0.2, 0) is 14.8 Å². The number of nitrogens with one attached hydrogen (secondary N) is 2. The van der Waals surface area contributed by atoms with E-state index in [4.69, 9.17) is 8.83 Å². The van der Waals surface area contributed by atoms with E-state index in [2.05, 4.69) is 35.4 Å². The lowest BCUT2D eigenvalue weighted by Crippen LogP contribution is -2.14. The van der Waals surface area contributed by atoms with Crippen LogP contribution in [0.15, 0.2) is 79.9 Å². The molecule has 5 rings (SSSR count). The highest BCUT2D eigenvalue weighted by molar-refractivity contribution is 7.99. The molecule has 0 saturated carbocycles. The summed E-state index contributed by atoms with van der Waals surface area (Å²) in [6.45, 7) is 1.73. The summed E-state index contributed by atoms with van der Waals surface area (Å²) in [7, 11) is -3.82. The highest BCUT2D eigenvalue weighted by Gasteiger charge is 2.19. The normalized spacial score (nSPS) is 11.4. The zero-order chi connectivity index (χ0) is 26.5. The molecule has 0 bridgehead atoms. The molecule has 194 valence electrons. The van der Waals surface area contributed by atoms with Gasteiger partial charge in [-0.3, -0.25) is 9.52 Å². The predicted molar refractivity (Wildman–Crippen MR) is 141 cm³/mol. The number of anilines is 2. The third-order valence-electron chi connectivity index (χ3n) is 4.93. The lowest BCUT2D eigenvalue weighted by molar-refractivity contribution is -0.115. The second-order valence-electron chi connectivity index (χ2n) is 7.65. The summed E-state index contributed by atoms with van der Waals surface area (Å²) >= 11 is 2.40. The summed E-state index contributed by atoms with van der Waals surface area (Å²) in [6, 6.07) is 12.8. The van der Waals surface area contributed by atoms with E-state index < -0.39 is 10.0 Å². The summed E-state index contributed by atoms with van der Waals surface area (Å²) < 4.78 is 38.3. The Morgan fingerprint density at radius 1 is 0.947 bits per heavy atom. The zero-order valence-electron chi connectivity index (χ0n) is 19.7. The minimum Gasteiger partial charge on any atom is -0.463 e. The lowest BCUT2D eigenvalue weighted by Gasteiger charge is -2.08. The van der Waals surface area contributed by atoms with Crippen LogP contribution in [0.2, 0.25) is 0 Å². The maximum atomic E-state index is 12.5. The van der Waals surface area contributed by atoms with Gasteiger partial charge in [-0.05, 0) is 55.5 Å². The molecule has 1 amide bonds. The van der Waals surface area contributed by atoms with Crippen molar-refractivity contribution in [1.29, 1.82) is 0 Å². The highest BCUT2D eigenvalue weighted by Crippen LogP contribution is 2.30. The number of thioether (sulfide) groups is 1. The molecule has 0 spiro atoms. The first-order valence-electron chi connectivity index (χ1n) is 11.1. The molecule has 0 saturated heterocycles. The Morgan fingerprint density at radius 2 is 1.66 bits per heavy atom. The molecule has 38 heavy (non-hydrogen) atoms. The number of aromatic nitrogens is 5. The van der Waals surface area contributed by atoms with E-state index in [0.29, 0.717) is 44.5 Å². The van der Waals surface area contributed by atoms with Crippen LogP contribution in [0, 0.1) is 6.92 Å². The first kappa shape index (κ1) is 25.6. The van der Waals surface area contributed by atoms with Gasteiger partial charge in [0.15, 0.2) is 17.2 Å². The molecule has 12 nitrogen and oxygen atoms in total. The van der Waals surface area contributed by atoms with E-state index in [1.807, 2.05) is 0 Å². The number of amides is 1. The van der Waals surface area contributed by atoms with Crippen LogP contribution in [0.3, 0.4) is 0 Å². The van der Waals surface area contributed by atoms with Gasteiger partial charge in [0.05, 0.1) is 17.4 Å². The van der Waals surface area contributed by atoms with Crippen molar-refractivity contribution in [3.8, 4) is 22.9 Å². The van der Waals surface area contributed by atoms with Crippen molar-refractivity contribution in [1.82, 2.24) is 25.4 Å². The van der Waals surface area contributed by atoms with Crippen LogP contribution < -0.4 is 10.0 Å². The van der Waals surface area contributed by atoms with Crippen molar-refractivity contribution in [2.24, 2.45) is 0 Å². The van der Waals surface area contributed by atoms with Crippen LogP contribution in [0.25, 0.3) is 22.9 Å². The Labute approximate surface area is 225 Å². The number of nitrogens with zero attached hydrogens (tertiary/aromatic N) is 5. The number of furan rings is 2. The monoisotopic (exact) mass is 569 g/mol. The Hall–Kier alpha value is -4.08. The smallest absolute Gasteiger partial charge is 0.263 e. The Bertz CT molecular complexity index is 1640. The van der Waals surface area contributed by atoms with Gasteiger partial charge < -0.3 is 14.2 Å².